The third-order valence-electron chi connectivity index (χ3n) is 4.63. The lowest BCUT2D eigenvalue weighted by Crippen LogP contribution is -2.48. The Bertz CT molecular complexity index is 766. The number of hydrogen-bond acceptors (Lipinski definition) is 4. The van der Waals surface area contributed by atoms with Crippen molar-refractivity contribution in [2.24, 2.45) is 5.10 Å². The topological polar surface area (TPSA) is 47.9 Å². The Morgan fingerprint density at radius 2 is 1.67 bits per heavy atom. The van der Waals surface area contributed by atoms with Crippen molar-refractivity contribution in [3.63, 3.8) is 0 Å². The van der Waals surface area contributed by atoms with Crippen molar-refractivity contribution in [1.29, 1.82) is 0 Å². The first-order chi connectivity index (χ1) is 13.1. The van der Waals surface area contributed by atoms with Crippen LogP contribution in [0.4, 0.5) is 0 Å². The highest BCUT2D eigenvalue weighted by Gasteiger charge is 2.18. The molecule has 1 saturated heterocycles. The van der Waals surface area contributed by atoms with Gasteiger partial charge in [0.1, 0.15) is 0 Å². The molecule has 0 bridgehead atoms. The highest BCUT2D eigenvalue weighted by atomic mass is 35.5. The van der Waals surface area contributed by atoms with Crippen molar-refractivity contribution >= 4 is 23.7 Å². The molecule has 1 heterocycles. The summed E-state index contributed by atoms with van der Waals surface area (Å²) in [5, 5.41) is 4.69. The molecule has 1 amide bonds. The van der Waals surface area contributed by atoms with Crippen LogP contribution < -0.4 is 5.43 Å². The normalized spacial score (nSPS) is 15.9. The monoisotopic (exact) mass is 384 g/mol. The van der Waals surface area contributed by atoms with Crippen molar-refractivity contribution in [3.8, 4) is 0 Å². The average Bonchev–Trinajstić information content (AvgIpc) is 2.67. The number of nitrogens with one attached hydrogen (secondary N) is 1. The zero-order chi connectivity index (χ0) is 19.1. The third kappa shape index (κ3) is 6.47. The lowest BCUT2D eigenvalue weighted by atomic mass is 10.1. The molecule has 1 aliphatic rings. The molecule has 0 saturated carbocycles. The summed E-state index contributed by atoms with van der Waals surface area (Å²) in [6.45, 7) is 7.15. The van der Waals surface area contributed by atoms with Crippen LogP contribution in [-0.4, -0.2) is 54.6 Å². The Balaban J connectivity index is 1.37. The maximum absolute atomic E-state index is 12.1. The predicted molar refractivity (Wildman–Crippen MR) is 110 cm³/mol. The van der Waals surface area contributed by atoms with Gasteiger partial charge in [0.15, 0.2) is 0 Å². The Morgan fingerprint density at radius 1 is 1.04 bits per heavy atom. The van der Waals surface area contributed by atoms with E-state index in [-0.39, 0.29) is 5.91 Å². The molecule has 2 aromatic carbocycles. The number of carbonyl (C=O) groups is 1. The first-order valence-electron chi connectivity index (χ1n) is 9.16. The molecule has 1 N–H and O–H groups in total. The van der Waals surface area contributed by atoms with Crippen molar-refractivity contribution in [2.75, 3.05) is 32.7 Å². The van der Waals surface area contributed by atoms with Crippen LogP contribution in [-0.2, 0) is 11.3 Å². The Kier molecular flexibility index (Phi) is 6.98. The second kappa shape index (κ2) is 9.65. The van der Waals surface area contributed by atoms with Gasteiger partial charge in [-0.3, -0.25) is 14.6 Å². The molecule has 0 aliphatic carbocycles. The third-order valence-corrected chi connectivity index (χ3v) is 4.88. The van der Waals surface area contributed by atoms with Gasteiger partial charge in [-0.15, -0.1) is 0 Å². The summed E-state index contributed by atoms with van der Waals surface area (Å²) < 4.78 is 0. The van der Waals surface area contributed by atoms with E-state index in [9.17, 15) is 4.79 Å². The van der Waals surface area contributed by atoms with Crippen LogP contribution in [0, 0.1) is 6.92 Å². The molecule has 0 atom stereocenters. The van der Waals surface area contributed by atoms with E-state index in [0.29, 0.717) is 11.6 Å². The fraction of sp³-hybridized carbons (Fsp3) is 0.333. The number of piperazine rings is 1. The van der Waals surface area contributed by atoms with E-state index in [4.69, 9.17) is 11.6 Å². The van der Waals surface area contributed by atoms with Crippen LogP contribution in [0.2, 0.25) is 5.02 Å². The lowest BCUT2D eigenvalue weighted by molar-refractivity contribution is -0.122. The van der Waals surface area contributed by atoms with Gasteiger partial charge in [0.2, 0.25) is 0 Å². The summed E-state index contributed by atoms with van der Waals surface area (Å²) in [5.41, 5.74) is 6.11. The minimum Gasteiger partial charge on any atom is -0.297 e. The van der Waals surface area contributed by atoms with Crippen LogP contribution >= 0.6 is 11.6 Å². The summed E-state index contributed by atoms with van der Waals surface area (Å²) in [4.78, 5) is 16.7. The van der Waals surface area contributed by atoms with Crippen molar-refractivity contribution in [2.45, 2.75) is 13.5 Å². The quantitative estimate of drug-likeness (QED) is 0.615. The average molecular weight is 385 g/mol. The van der Waals surface area contributed by atoms with Gasteiger partial charge in [-0.05, 0) is 30.2 Å². The molecular weight excluding hydrogens is 360 g/mol. The van der Waals surface area contributed by atoms with Gasteiger partial charge in [0.25, 0.3) is 5.91 Å². The number of benzene rings is 2. The van der Waals surface area contributed by atoms with Crippen molar-refractivity contribution in [3.05, 3.63) is 70.2 Å². The minimum atomic E-state index is -0.0906. The van der Waals surface area contributed by atoms with Gasteiger partial charge in [-0.25, -0.2) is 5.43 Å². The summed E-state index contributed by atoms with van der Waals surface area (Å²) in [5.74, 6) is -0.0906. The number of amides is 1. The zero-order valence-corrected chi connectivity index (χ0v) is 16.3. The summed E-state index contributed by atoms with van der Waals surface area (Å²) in [7, 11) is 0. The minimum absolute atomic E-state index is 0.0906. The number of nitrogens with zero attached hydrogens (tertiary/aromatic N) is 3. The maximum Gasteiger partial charge on any atom is 0.254 e. The van der Waals surface area contributed by atoms with E-state index in [0.717, 1.165) is 38.3 Å². The number of rotatable bonds is 6. The first-order valence-corrected chi connectivity index (χ1v) is 9.54. The van der Waals surface area contributed by atoms with Crippen LogP contribution in [0.1, 0.15) is 16.7 Å². The van der Waals surface area contributed by atoms with Crippen LogP contribution in [0.5, 0.6) is 0 Å². The highest BCUT2D eigenvalue weighted by molar-refractivity contribution is 6.30. The van der Waals surface area contributed by atoms with Gasteiger partial charge in [0, 0.05) is 37.7 Å². The summed E-state index contributed by atoms with van der Waals surface area (Å²) in [6.07, 6.45) is 1.62. The van der Waals surface area contributed by atoms with Crippen LogP contribution in [0.3, 0.4) is 0 Å². The summed E-state index contributed by atoms with van der Waals surface area (Å²) in [6, 6.07) is 16.0. The Morgan fingerprint density at radius 3 is 2.33 bits per heavy atom. The Hall–Kier alpha value is -2.21. The maximum atomic E-state index is 12.1. The molecule has 5 nitrogen and oxygen atoms in total. The molecule has 2 aromatic rings. The van der Waals surface area contributed by atoms with Crippen molar-refractivity contribution < 1.29 is 4.79 Å². The molecule has 3 rings (SSSR count). The predicted octanol–water partition coefficient (Wildman–Crippen LogP) is 2.92. The second-order valence-electron chi connectivity index (χ2n) is 6.88. The molecule has 6 heteroatoms. The molecule has 27 heavy (non-hydrogen) atoms. The van der Waals surface area contributed by atoms with Crippen LogP contribution in [0.25, 0.3) is 0 Å². The van der Waals surface area contributed by atoms with E-state index < -0.39 is 0 Å². The molecule has 0 aromatic heterocycles. The largest absolute Gasteiger partial charge is 0.297 e. The van der Waals surface area contributed by atoms with Gasteiger partial charge in [0.05, 0.1) is 12.8 Å². The standard InChI is InChI=1S/C21H25ClN4O/c1-17-2-4-19(5-3-17)15-25-10-12-26(13-11-25)16-21(27)24-23-14-18-6-8-20(22)9-7-18/h2-9,14H,10-13,15-16H2,1H3,(H,24,27)/b23-14-. The molecule has 0 unspecified atom stereocenters. The number of hydrogen-bond donors (Lipinski definition) is 1. The van der Waals surface area contributed by atoms with E-state index >= 15 is 0 Å². The molecular formula is C21H25ClN4O. The van der Waals surface area contributed by atoms with E-state index in [1.807, 2.05) is 12.1 Å². The van der Waals surface area contributed by atoms with E-state index in [2.05, 4.69) is 51.5 Å². The van der Waals surface area contributed by atoms with Gasteiger partial charge < -0.3 is 0 Å². The second-order valence-corrected chi connectivity index (χ2v) is 7.32. The van der Waals surface area contributed by atoms with Crippen molar-refractivity contribution in [1.82, 2.24) is 15.2 Å². The summed E-state index contributed by atoms with van der Waals surface area (Å²) >= 11 is 5.84. The van der Waals surface area contributed by atoms with Crippen LogP contribution in [0.15, 0.2) is 53.6 Å². The lowest BCUT2D eigenvalue weighted by Gasteiger charge is -2.34. The molecule has 1 fully saturated rings. The Labute approximate surface area is 165 Å². The van der Waals surface area contributed by atoms with E-state index in [1.165, 1.54) is 11.1 Å². The SMILES string of the molecule is Cc1ccc(CN2CCN(CC(=O)N/N=C\c3ccc(Cl)cc3)CC2)cc1. The number of hydrazone groups is 1. The zero-order valence-electron chi connectivity index (χ0n) is 15.6. The number of halogens is 1. The molecule has 0 radical (unpaired) electrons. The van der Waals surface area contributed by atoms with Gasteiger partial charge in [-0.2, -0.15) is 5.10 Å². The van der Waals surface area contributed by atoms with Gasteiger partial charge in [-0.1, -0.05) is 53.6 Å². The smallest absolute Gasteiger partial charge is 0.254 e. The molecule has 0 spiro atoms. The molecule has 1 aliphatic heterocycles. The number of aryl methyl sites for hydroxylation is 1. The highest BCUT2D eigenvalue weighted by Crippen LogP contribution is 2.10. The number of carbonyl (C=O) groups excluding carboxylic acids is 1. The molecule has 142 valence electrons. The fourth-order valence-corrected chi connectivity index (χ4v) is 3.15. The fourth-order valence-electron chi connectivity index (χ4n) is 3.02. The first kappa shape index (κ1) is 19.5. The van der Waals surface area contributed by atoms with E-state index in [1.54, 1.807) is 18.3 Å². The van der Waals surface area contributed by atoms with Gasteiger partial charge >= 0.3 is 0 Å².